The third-order valence-electron chi connectivity index (χ3n) is 6.54. The molecule has 2 rings (SSSR count). The monoisotopic (exact) mass is 526 g/mol. The Bertz CT molecular complexity index is 809. The van der Waals surface area contributed by atoms with Crippen LogP contribution in [0.15, 0.2) is 58.8 Å². The molecular weight excluding hydrogens is 476 g/mol. The highest BCUT2D eigenvalue weighted by Crippen LogP contribution is 2.23. The summed E-state index contributed by atoms with van der Waals surface area (Å²) in [6.07, 6.45) is 20.8. The van der Waals surface area contributed by atoms with Gasteiger partial charge in [0.05, 0.1) is 24.6 Å². The zero-order chi connectivity index (χ0) is 26.2. The van der Waals surface area contributed by atoms with Crippen LogP contribution in [0.4, 0.5) is 11.4 Å². The number of rotatable bonds is 23. The zero-order valence-electron chi connectivity index (χ0n) is 23.2. The Labute approximate surface area is 232 Å². The van der Waals surface area contributed by atoms with E-state index in [0.717, 1.165) is 54.7 Å². The van der Waals surface area contributed by atoms with Crippen molar-refractivity contribution in [3.05, 3.63) is 48.5 Å². The molecule has 37 heavy (non-hydrogen) atoms. The van der Waals surface area contributed by atoms with Gasteiger partial charge in [0.25, 0.3) is 0 Å². The molecule has 0 aliphatic carbocycles. The van der Waals surface area contributed by atoms with Crippen molar-refractivity contribution in [3.8, 4) is 11.5 Å². The molecular formula is C32H50N2O2S. The van der Waals surface area contributed by atoms with Gasteiger partial charge in [0.2, 0.25) is 0 Å². The van der Waals surface area contributed by atoms with E-state index in [4.69, 9.17) is 9.47 Å². The van der Waals surface area contributed by atoms with Crippen LogP contribution in [0.1, 0.15) is 110 Å². The Hall–Kier alpha value is -2.01. The van der Waals surface area contributed by atoms with Gasteiger partial charge in [-0.1, -0.05) is 90.4 Å². The van der Waals surface area contributed by atoms with Crippen LogP contribution in [0.2, 0.25) is 0 Å². The lowest BCUT2D eigenvalue weighted by Crippen LogP contribution is -1.97. The molecule has 0 fully saturated rings. The lowest BCUT2D eigenvalue weighted by Gasteiger charge is -2.07. The first-order chi connectivity index (χ1) is 18.3. The van der Waals surface area contributed by atoms with Crippen molar-refractivity contribution in [3.63, 3.8) is 0 Å². The van der Waals surface area contributed by atoms with Gasteiger partial charge in [-0.15, -0.1) is 0 Å². The summed E-state index contributed by atoms with van der Waals surface area (Å²) in [4.78, 5) is 0. The van der Waals surface area contributed by atoms with Gasteiger partial charge in [-0.3, -0.25) is 0 Å². The van der Waals surface area contributed by atoms with Crippen LogP contribution in [0, 0.1) is 0 Å². The number of unbranched alkanes of at least 4 members (excludes halogenated alkanes) is 14. The number of nitrogens with zero attached hydrogens (tertiary/aromatic N) is 2. The molecule has 5 heteroatoms. The van der Waals surface area contributed by atoms with E-state index in [0.29, 0.717) is 0 Å². The molecule has 0 aliphatic rings. The van der Waals surface area contributed by atoms with Gasteiger partial charge < -0.3 is 9.47 Å². The number of ether oxygens (including phenoxy) is 2. The summed E-state index contributed by atoms with van der Waals surface area (Å²) in [5.41, 5.74) is 1.64. The zero-order valence-corrected chi connectivity index (χ0v) is 24.1. The smallest absolute Gasteiger partial charge is 0.119 e. The lowest BCUT2D eigenvalue weighted by atomic mass is 10.1. The average Bonchev–Trinajstić information content (AvgIpc) is 2.93. The minimum atomic E-state index is 0.765. The van der Waals surface area contributed by atoms with Crippen molar-refractivity contribution >= 4 is 24.0 Å². The van der Waals surface area contributed by atoms with E-state index >= 15 is 0 Å². The van der Waals surface area contributed by atoms with E-state index in [9.17, 15) is 0 Å². The first-order valence-electron chi connectivity index (χ1n) is 14.8. The van der Waals surface area contributed by atoms with E-state index in [2.05, 4.69) is 29.8 Å². The van der Waals surface area contributed by atoms with Crippen LogP contribution in [-0.4, -0.2) is 19.0 Å². The predicted molar refractivity (Wildman–Crippen MR) is 161 cm³/mol. The van der Waals surface area contributed by atoms with E-state index in [1.165, 1.54) is 89.9 Å². The second-order valence-electron chi connectivity index (χ2n) is 9.91. The molecule has 2 aromatic rings. The number of thiol groups is 1. The molecule has 0 amide bonds. The number of azo groups is 1. The molecule has 0 saturated heterocycles. The second-order valence-corrected chi connectivity index (χ2v) is 10.4. The van der Waals surface area contributed by atoms with Crippen LogP contribution in [-0.2, 0) is 0 Å². The topological polar surface area (TPSA) is 43.2 Å². The molecule has 0 aliphatic heterocycles. The lowest BCUT2D eigenvalue weighted by molar-refractivity contribution is 0.304. The van der Waals surface area contributed by atoms with Crippen molar-refractivity contribution in [2.24, 2.45) is 10.2 Å². The van der Waals surface area contributed by atoms with E-state index in [-0.39, 0.29) is 0 Å². The van der Waals surface area contributed by atoms with E-state index in [1.807, 2.05) is 48.5 Å². The van der Waals surface area contributed by atoms with Crippen LogP contribution < -0.4 is 9.47 Å². The van der Waals surface area contributed by atoms with Gasteiger partial charge in [-0.25, -0.2) is 0 Å². The minimum absolute atomic E-state index is 0.765. The van der Waals surface area contributed by atoms with Crippen LogP contribution in [0.3, 0.4) is 0 Å². The molecule has 0 heterocycles. The van der Waals surface area contributed by atoms with Crippen LogP contribution in [0.25, 0.3) is 0 Å². The Kier molecular flexibility index (Phi) is 18.6. The summed E-state index contributed by atoms with van der Waals surface area (Å²) >= 11 is 4.25. The van der Waals surface area contributed by atoms with Crippen molar-refractivity contribution in [1.29, 1.82) is 0 Å². The van der Waals surface area contributed by atoms with Crippen LogP contribution >= 0.6 is 12.6 Å². The summed E-state index contributed by atoms with van der Waals surface area (Å²) in [5, 5.41) is 8.70. The van der Waals surface area contributed by atoms with Crippen LogP contribution in [0.5, 0.6) is 11.5 Å². The number of hydrogen-bond acceptors (Lipinski definition) is 5. The fourth-order valence-corrected chi connectivity index (χ4v) is 4.45. The maximum atomic E-state index is 5.89. The van der Waals surface area contributed by atoms with Crippen molar-refractivity contribution < 1.29 is 9.47 Å². The molecule has 0 spiro atoms. The third kappa shape index (κ3) is 16.4. The first kappa shape index (κ1) is 31.2. The Morgan fingerprint density at radius 2 is 0.838 bits per heavy atom. The fourth-order valence-electron chi connectivity index (χ4n) is 4.22. The van der Waals surface area contributed by atoms with Gasteiger partial charge in [0.1, 0.15) is 11.5 Å². The fraction of sp³-hybridized carbons (Fsp3) is 0.625. The summed E-state index contributed by atoms with van der Waals surface area (Å²) in [6.45, 7) is 3.82. The summed E-state index contributed by atoms with van der Waals surface area (Å²) in [5.74, 6) is 2.78. The summed E-state index contributed by atoms with van der Waals surface area (Å²) in [7, 11) is 0. The maximum absolute atomic E-state index is 5.89. The van der Waals surface area contributed by atoms with Gasteiger partial charge in [-0.05, 0) is 73.5 Å². The highest BCUT2D eigenvalue weighted by molar-refractivity contribution is 7.80. The quantitative estimate of drug-likeness (QED) is 0.0888. The molecule has 0 bridgehead atoms. The summed E-state index contributed by atoms with van der Waals surface area (Å²) < 4.78 is 11.7. The Balaban J connectivity index is 1.54. The number of hydrogen-bond donors (Lipinski definition) is 1. The van der Waals surface area contributed by atoms with Gasteiger partial charge in [0.15, 0.2) is 0 Å². The molecule has 0 atom stereocenters. The van der Waals surface area contributed by atoms with Gasteiger partial charge >= 0.3 is 0 Å². The van der Waals surface area contributed by atoms with E-state index < -0.39 is 0 Å². The molecule has 206 valence electrons. The van der Waals surface area contributed by atoms with E-state index in [1.54, 1.807) is 0 Å². The number of benzene rings is 2. The molecule has 0 unspecified atom stereocenters. The largest absolute Gasteiger partial charge is 0.494 e. The van der Waals surface area contributed by atoms with Crippen molar-refractivity contribution in [2.45, 2.75) is 110 Å². The Morgan fingerprint density at radius 3 is 1.22 bits per heavy atom. The highest BCUT2D eigenvalue weighted by Gasteiger charge is 1.99. The molecule has 0 radical (unpaired) electrons. The maximum Gasteiger partial charge on any atom is 0.119 e. The van der Waals surface area contributed by atoms with Gasteiger partial charge in [-0.2, -0.15) is 22.9 Å². The molecule has 0 aromatic heterocycles. The predicted octanol–water partition coefficient (Wildman–Crippen LogP) is 11.1. The molecule has 2 aromatic carbocycles. The van der Waals surface area contributed by atoms with Crippen molar-refractivity contribution in [2.75, 3.05) is 19.0 Å². The van der Waals surface area contributed by atoms with Crippen molar-refractivity contribution in [1.82, 2.24) is 0 Å². The highest BCUT2D eigenvalue weighted by atomic mass is 32.1. The minimum Gasteiger partial charge on any atom is -0.494 e. The molecule has 4 nitrogen and oxygen atoms in total. The first-order valence-corrected chi connectivity index (χ1v) is 15.4. The normalized spacial score (nSPS) is 11.3. The Morgan fingerprint density at radius 1 is 0.486 bits per heavy atom. The standard InChI is InChI=1S/C32H50N2O2S/c1-2-3-4-5-6-7-8-9-12-15-26-35-31-22-18-29(19-23-31)33-34-30-20-24-32(25-21-30)36-27-16-13-10-11-14-17-28-37/h18-25,37H,2-17,26-28H2,1H3. The SMILES string of the molecule is CCCCCCCCCCCCOc1ccc(N=Nc2ccc(OCCCCCCCCS)cc2)cc1. The summed E-state index contributed by atoms with van der Waals surface area (Å²) in [6, 6.07) is 15.7. The third-order valence-corrected chi connectivity index (χ3v) is 6.86. The van der Waals surface area contributed by atoms with Gasteiger partial charge in [0, 0.05) is 0 Å². The average molecular weight is 527 g/mol. The second kappa shape index (κ2) is 22.0. The molecule has 0 N–H and O–H groups in total. The molecule has 0 saturated carbocycles.